The fourth-order valence-electron chi connectivity index (χ4n) is 3.12. The molecule has 0 amide bonds. The van der Waals surface area contributed by atoms with Crippen LogP contribution in [-0.4, -0.2) is 42.0 Å². The summed E-state index contributed by atoms with van der Waals surface area (Å²) in [6.45, 7) is 1.20. The van der Waals surface area contributed by atoms with Crippen LogP contribution in [0.1, 0.15) is 18.5 Å². The maximum atomic E-state index is 11.8. The molecule has 23 heavy (non-hydrogen) atoms. The highest BCUT2D eigenvalue weighted by Crippen LogP contribution is 2.26. The van der Waals surface area contributed by atoms with E-state index in [0.717, 1.165) is 36.2 Å². The largest absolute Gasteiger partial charge is 0.257 e. The van der Waals surface area contributed by atoms with Crippen LogP contribution in [0.15, 0.2) is 42.7 Å². The molecule has 0 aliphatic carbocycles. The molecule has 2 heterocycles. The SMILES string of the molecule is CS(=O)(=O)N1CCCC(Cc2nccnc2-c2ccccc2)C1. The quantitative estimate of drug-likeness (QED) is 0.863. The van der Waals surface area contributed by atoms with Crippen molar-refractivity contribution in [2.45, 2.75) is 19.3 Å². The van der Waals surface area contributed by atoms with Gasteiger partial charge < -0.3 is 0 Å². The Balaban J connectivity index is 1.81. The van der Waals surface area contributed by atoms with Crippen LogP contribution in [0.4, 0.5) is 0 Å². The lowest BCUT2D eigenvalue weighted by atomic mass is 9.93. The number of benzene rings is 1. The van der Waals surface area contributed by atoms with Gasteiger partial charge in [0.1, 0.15) is 0 Å². The highest BCUT2D eigenvalue weighted by atomic mass is 32.2. The van der Waals surface area contributed by atoms with Gasteiger partial charge in [-0.1, -0.05) is 30.3 Å². The van der Waals surface area contributed by atoms with Crippen LogP contribution in [0.25, 0.3) is 11.3 Å². The van der Waals surface area contributed by atoms with Crippen molar-refractivity contribution in [2.24, 2.45) is 5.92 Å². The molecular weight excluding hydrogens is 310 g/mol. The number of nitrogens with zero attached hydrogens (tertiary/aromatic N) is 3. The smallest absolute Gasteiger partial charge is 0.211 e. The van der Waals surface area contributed by atoms with Crippen molar-refractivity contribution in [3.63, 3.8) is 0 Å². The van der Waals surface area contributed by atoms with E-state index in [1.54, 1.807) is 16.7 Å². The van der Waals surface area contributed by atoms with Gasteiger partial charge in [-0.25, -0.2) is 12.7 Å². The van der Waals surface area contributed by atoms with Crippen LogP contribution < -0.4 is 0 Å². The summed E-state index contributed by atoms with van der Waals surface area (Å²) in [6, 6.07) is 10.00. The molecule has 1 unspecified atom stereocenters. The zero-order valence-corrected chi connectivity index (χ0v) is 14.0. The highest BCUT2D eigenvalue weighted by molar-refractivity contribution is 7.88. The number of aromatic nitrogens is 2. The minimum Gasteiger partial charge on any atom is -0.257 e. The van der Waals surface area contributed by atoms with E-state index in [1.807, 2.05) is 30.3 Å². The van der Waals surface area contributed by atoms with E-state index in [2.05, 4.69) is 9.97 Å². The first-order valence-corrected chi connectivity index (χ1v) is 9.69. The normalized spacial score (nSPS) is 19.6. The number of hydrogen-bond donors (Lipinski definition) is 0. The Morgan fingerprint density at radius 3 is 2.65 bits per heavy atom. The summed E-state index contributed by atoms with van der Waals surface area (Å²) >= 11 is 0. The van der Waals surface area contributed by atoms with Gasteiger partial charge in [0.05, 0.1) is 17.6 Å². The Hall–Kier alpha value is -1.79. The number of hydrogen-bond acceptors (Lipinski definition) is 4. The standard InChI is InChI=1S/C17H21N3O2S/c1-23(21,22)20-11-5-6-14(13-20)12-16-17(19-10-9-18-16)15-7-3-2-4-8-15/h2-4,7-10,14H,5-6,11-13H2,1H3. The molecule has 0 bridgehead atoms. The summed E-state index contributed by atoms with van der Waals surface area (Å²) < 4.78 is 25.1. The van der Waals surface area contributed by atoms with Crippen molar-refractivity contribution < 1.29 is 8.42 Å². The van der Waals surface area contributed by atoms with E-state index in [1.165, 1.54) is 6.26 Å². The third-order valence-corrected chi connectivity index (χ3v) is 5.52. The van der Waals surface area contributed by atoms with Crippen molar-refractivity contribution in [1.29, 1.82) is 0 Å². The molecule has 5 nitrogen and oxygen atoms in total. The fraction of sp³-hybridized carbons (Fsp3) is 0.412. The maximum absolute atomic E-state index is 11.8. The van der Waals surface area contributed by atoms with E-state index >= 15 is 0 Å². The second-order valence-electron chi connectivity index (χ2n) is 6.05. The van der Waals surface area contributed by atoms with E-state index in [0.29, 0.717) is 13.1 Å². The Labute approximate surface area is 137 Å². The molecule has 1 aromatic carbocycles. The Kier molecular flexibility index (Phi) is 4.73. The molecule has 1 saturated heterocycles. The van der Waals surface area contributed by atoms with Gasteiger partial charge in [0.15, 0.2) is 0 Å². The van der Waals surface area contributed by atoms with Crippen LogP contribution in [0.3, 0.4) is 0 Å². The van der Waals surface area contributed by atoms with Gasteiger partial charge in [0.2, 0.25) is 10.0 Å². The summed E-state index contributed by atoms with van der Waals surface area (Å²) in [6.07, 6.45) is 7.38. The molecule has 6 heteroatoms. The molecule has 3 rings (SSSR count). The van der Waals surface area contributed by atoms with Gasteiger partial charge in [-0.05, 0) is 25.2 Å². The first kappa shape index (κ1) is 16.1. The lowest BCUT2D eigenvalue weighted by molar-refractivity contribution is 0.265. The molecule has 2 aromatic rings. The average Bonchev–Trinajstić information content (AvgIpc) is 2.56. The molecule has 1 aromatic heterocycles. The Bertz CT molecular complexity index is 762. The topological polar surface area (TPSA) is 63.2 Å². The predicted octanol–water partition coefficient (Wildman–Crippen LogP) is 2.36. The van der Waals surface area contributed by atoms with Crippen LogP contribution in [0.5, 0.6) is 0 Å². The summed E-state index contributed by atoms with van der Waals surface area (Å²) in [5, 5.41) is 0. The summed E-state index contributed by atoms with van der Waals surface area (Å²) in [5.74, 6) is 0.289. The van der Waals surface area contributed by atoms with Gasteiger partial charge in [-0.3, -0.25) is 9.97 Å². The van der Waals surface area contributed by atoms with Gasteiger partial charge in [0, 0.05) is 31.0 Å². The van der Waals surface area contributed by atoms with Crippen molar-refractivity contribution in [3.8, 4) is 11.3 Å². The predicted molar refractivity (Wildman–Crippen MR) is 90.3 cm³/mol. The van der Waals surface area contributed by atoms with Gasteiger partial charge in [0.25, 0.3) is 0 Å². The fourth-order valence-corrected chi connectivity index (χ4v) is 4.06. The first-order valence-electron chi connectivity index (χ1n) is 7.84. The van der Waals surface area contributed by atoms with E-state index < -0.39 is 10.0 Å². The number of sulfonamides is 1. The van der Waals surface area contributed by atoms with Crippen LogP contribution in [-0.2, 0) is 16.4 Å². The van der Waals surface area contributed by atoms with Gasteiger partial charge in [-0.2, -0.15) is 0 Å². The van der Waals surface area contributed by atoms with E-state index in [-0.39, 0.29) is 5.92 Å². The zero-order chi connectivity index (χ0) is 16.3. The second kappa shape index (κ2) is 6.76. The molecule has 0 saturated carbocycles. The van der Waals surface area contributed by atoms with Crippen molar-refractivity contribution in [3.05, 3.63) is 48.4 Å². The third kappa shape index (κ3) is 3.95. The second-order valence-corrected chi connectivity index (χ2v) is 8.03. The van der Waals surface area contributed by atoms with Crippen LogP contribution >= 0.6 is 0 Å². The van der Waals surface area contributed by atoms with Crippen molar-refractivity contribution in [1.82, 2.24) is 14.3 Å². The minimum atomic E-state index is -3.12. The number of rotatable bonds is 4. The molecule has 0 spiro atoms. The Morgan fingerprint density at radius 1 is 1.17 bits per heavy atom. The van der Waals surface area contributed by atoms with Gasteiger partial charge in [-0.15, -0.1) is 0 Å². The monoisotopic (exact) mass is 331 g/mol. The summed E-state index contributed by atoms with van der Waals surface area (Å²) in [4.78, 5) is 8.99. The van der Waals surface area contributed by atoms with Gasteiger partial charge >= 0.3 is 0 Å². The van der Waals surface area contributed by atoms with Crippen molar-refractivity contribution in [2.75, 3.05) is 19.3 Å². The molecule has 1 aliphatic rings. The zero-order valence-electron chi connectivity index (χ0n) is 13.2. The van der Waals surface area contributed by atoms with Crippen molar-refractivity contribution >= 4 is 10.0 Å². The molecule has 0 N–H and O–H groups in total. The van der Waals surface area contributed by atoms with E-state index in [4.69, 9.17) is 0 Å². The summed E-state index contributed by atoms with van der Waals surface area (Å²) in [5.41, 5.74) is 2.88. The molecule has 1 atom stereocenters. The average molecular weight is 331 g/mol. The molecule has 1 fully saturated rings. The molecule has 122 valence electrons. The lowest BCUT2D eigenvalue weighted by Gasteiger charge is -2.31. The first-order chi connectivity index (χ1) is 11.0. The van der Waals surface area contributed by atoms with Crippen LogP contribution in [0, 0.1) is 5.92 Å². The summed E-state index contributed by atoms with van der Waals surface area (Å²) in [7, 11) is -3.12. The lowest BCUT2D eigenvalue weighted by Crippen LogP contribution is -2.39. The Morgan fingerprint density at radius 2 is 1.91 bits per heavy atom. The highest BCUT2D eigenvalue weighted by Gasteiger charge is 2.27. The van der Waals surface area contributed by atoms with Crippen LogP contribution in [0.2, 0.25) is 0 Å². The van der Waals surface area contributed by atoms with E-state index in [9.17, 15) is 8.42 Å². The maximum Gasteiger partial charge on any atom is 0.211 e. The third-order valence-electron chi connectivity index (χ3n) is 4.25. The number of piperidine rings is 1. The molecular formula is C17H21N3O2S. The molecule has 0 radical (unpaired) electrons. The molecule has 1 aliphatic heterocycles. The minimum absolute atomic E-state index is 0.289.